The van der Waals surface area contributed by atoms with Crippen LogP contribution in [-0.2, 0) is 28.6 Å². The molecule has 0 heterocycles. The largest absolute Gasteiger partial charge is 0.462 e. The van der Waals surface area contributed by atoms with E-state index in [1.165, 1.54) is 321 Å². The molecule has 0 spiro atoms. The molecule has 1 atom stereocenters. The molecule has 0 fully saturated rings. The number of allylic oxidation sites excluding steroid dienone is 2. The zero-order valence-corrected chi connectivity index (χ0v) is 54.6. The van der Waals surface area contributed by atoms with Crippen LogP contribution in [0.4, 0.5) is 0 Å². The Morgan fingerprint density at radius 2 is 0.412 bits per heavy atom. The van der Waals surface area contributed by atoms with Gasteiger partial charge in [0.05, 0.1) is 0 Å². The van der Waals surface area contributed by atoms with Crippen LogP contribution in [0.15, 0.2) is 12.2 Å². The predicted molar refractivity (Wildman–Crippen MR) is 349 cm³/mol. The number of carbonyl (C=O) groups excluding carboxylic acids is 3. The third-order valence-corrected chi connectivity index (χ3v) is 17.0. The highest BCUT2D eigenvalue weighted by molar-refractivity contribution is 5.71. The van der Waals surface area contributed by atoms with Gasteiger partial charge in [-0.1, -0.05) is 373 Å². The summed E-state index contributed by atoms with van der Waals surface area (Å²) in [6, 6.07) is 0. The molecule has 80 heavy (non-hydrogen) atoms. The average Bonchev–Trinajstić information content (AvgIpc) is 3.46. The lowest BCUT2D eigenvalue weighted by Gasteiger charge is -2.18. The Hall–Kier alpha value is -1.85. The van der Waals surface area contributed by atoms with Crippen molar-refractivity contribution in [2.24, 2.45) is 0 Å². The van der Waals surface area contributed by atoms with Crippen molar-refractivity contribution < 1.29 is 28.6 Å². The van der Waals surface area contributed by atoms with Gasteiger partial charge in [-0.3, -0.25) is 14.4 Å². The molecule has 0 radical (unpaired) electrons. The van der Waals surface area contributed by atoms with Gasteiger partial charge < -0.3 is 14.2 Å². The Kier molecular flexibility index (Phi) is 68.0. The summed E-state index contributed by atoms with van der Waals surface area (Å²) < 4.78 is 16.9. The first-order chi connectivity index (χ1) is 39.5. The van der Waals surface area contributed by atoms with Crippen molar-refractivity contribution in [2.75, 3.05) is 13.2 Å². The number of hydrogen-bond donors (Lipinski definition) is 0. The molecule has 0 aliphatic rings. The van der Waals surface area contributed by atoms with Crippen LogP contribution < -0.4 is 0 Å². The Morgan fingerprint density at radius 1 is 0.237 bits per heavy atom. The summed E-state index contributed by atoms with van der Waals surface area (Å²) in [5, 5.41) is 0. The van der Waals surface area contributed by atoms with Gasteiger partial charge >= 0.3 is 17.9 Å². The van der Waals surface area contributed by atoms with Gasteiger partial charge in [0.1, 0.15) is 13.2 Å². The molecule has 1 unspecified atom stereocenters. The smallest absolute Gasteiger partial charge is 0.306 e. The van der Waals surface area contributed by atoms with Crippen LogP contribution in [0.5, 0.6) is 0 Å². The minimum atomic E-state index is -0.770. The van der Waals surface area contributed by atoms with Crippen LogP contribution >= 0.6 is 0 Å². The third kappa shape index (κ3) is 66.9. The minimum absolute atomic E-state index is 0.0670. The molecule has 0 aromatic carbocycles. The third-order valence-electron chi connectivity index (χ3n) is 17.0. The van der Waals surface area contributed by atoms with Crippen molar-refractivity contribution in [3.05, 3.63) is 12.2 Å². The van der Waals surface area contributed by atoms with Crippen LogP contribution in [0.3, 0.4) is 0 Å². The maximum absolute atomic E-state index is 12.9. The molecule has 6 heteroatoms. The predicted octanol–water partition coefficient (Wildman–Crippen LogP) is 25.2. The van der Waals surface area contributed by atoms with Crippen molar-refractivity contribution in [1.82, 2.24) is 0 Å². The fourth-order valence-electron chi connectivity index (χ4n) is 11.5. The number of esters is 3. The van der Waals surface area contributed by atoms with Gasteiger partial charge in [-0.15, -0.1) is 0 Å². The van der Waals surface area contributed by atoms with Crippen molar-refractivity contribution in [3.8, 4) is 0 Å². The number of unbranched alkanes of at least 4 members (excludes halogenated alkanes) is 56. The maximum atomic E-state index is 12.9. The second-order valence-electron chi connectivity index (χ2n) is 25.2. The molecule has 0 aromatic rings. The van der Waals surface area contributed by atoms with Crippen LogP contribution in [0.25, 0.3) is 0 Å². The fourth-order valence-corrected chi connectivity index (χ4v) is 11.5. The lowest BCUT2D eigenvalue weighted by Crippen LogP contribution is -2.30. The number of rotatable bonds is 69. The van der Waals surface area contributed by atoms with E-state index in [2.05, 4.69) is 32.9 Å². The highest BCUT2D eigenvalue weighted by atomic mass is 16.6. The van der Waals surface area contributed by atoms with Crippen molar-refractivity contribution >= 4 is 17.9 Å². The van der Waals surface area contributed by atoms with Gasteiger partial charge in [0.15, 0.2) is 6.10 Å². The second-order valence-corrected chi connectivity index (χ2v) is 25.2. The summed E-state index contributed by atoms with van der Waals surface area (Å²) in [5.74, 6) is -0.845. The summed E-state index contributed by atoms with van der Waals surface area (Å²) in [5.41, 5.74) is 0. The summed E-state index contributed by atoms with van der Waals surface area (Å²) in [4.78, 5) is 38.3. The Morgan fingerprint density at radius 3 is 0.625 bits per heavy atom. The first kappa shape index (κ1) is 78.1. The van der Waals surface area contributed by atoms with Gasteiger partial charge in [0, 0.05) is 19.3 Å². The van der Waals surface area contributed by atoms with Crippen molar-refractivity contribution in [3.63, 3.8) is 0 Å². The van der Waals surface area contributed by atoms with Crippen LogP contribution in [0, 0.1) is 0 Å². The summed E-state index contributed by atoms with van der Waals surface area (Å²) in [7, 11) is 0. The van der Waals surface area contributed by atoms with E-state index in [1.54, 1.807) is 0 Å². The Bertz CT molecular complexity index is 1250. The van der Waals surface area contributed by atoms with Crippen molar-refractivity contribution in [2.45, 2.75) is 431 Å². The summed E-state index contributed by atoms with van der Waals surface area (Å²) in [6.45, 7) is 6.70. The monoisotopic (exact) mass is 1130 g/mol. The van der Waals surface area contributed by atoms with Gasteiger partial charge in [-0.25, -0.2) is 0 Å². The van der Waals surface area contributed by atoms with Gasteiger partial charge in [-0.05, 0) is 44.9 Å². The lowest BCUT2D eigenvalue weighted by atomic mass is 10.0. The zero-order chi connectivity index (χ0) is 57.8. The summed E-state index contributed by atoms with van der Waals surface area (Å²) in [6.07, 6.45) is 84.2. The van der Waals surface area contributed by atoms with Crippen LogP contribution in [0.1, 0.15) is 425 Å². The quantitative estimate of drug-likeness (QED) is 0.0261. The SMILES string of the molecule is CCCCCCCCC/C=C\CCCCCCCC(=O)OC(COC(=O)CCCCCCCCCCCCC)COC(=O)CCCCCCCCCCCCCCCCCCCCCCCCCCCCCCCCCCCCC. The topological polar surface area (TPSA) is 78.9 Å². The molecule has 0 aromatic heterocycles. The minimum Gasteiger partial charge on any atom is -0.462 e. The number of ether oxygens (including phenoxy) is 3. The van der Waals surface area contributed by atoms with Gasteiger partial charge in [-0.2, -0.15) is 0 Å². The van der Waals surface area contributed by atoms with E-state index >= 15 is 0 Å². The fraction of sp³-hybridized carbons (Fsp3) is 0.932. The van der Waals surface area contributed by atoms with E-state index < -0.39 is 6.10 Å². The van der Waals surface area contributed by atoms with Crippen LogP contribution in [-0.4, -0.2) is 37.2 Å². The maximum Gasteiger partial charge on any atom is 0.306 e. The van der Waals surface area contributed by atoms with Crippen molar-refractivity contribution in [1.29, 1.82) is 0 Å². The van der Waals surface area contributed by atoms with E-state index in [-0.39, 0.29) is 31.1 Å². The number of carbonyl (C=O) groups is 3. The Balaban J connectivity index is 3.99. The molecule has 0 N–H and O–H groups in total. The second kappa shape index (κ2) is 69.6. The zero-order valence-electron chi connectivity index (χ0n) is 54.6. The molecule has 0 aliphatic carbocycles. The molecule has 6 nitrogen and oxygen atoms in total. The highest BCUT2D eigenvalue weighted by Crippen LogP contribution is 2.19. The van der Waals surface area contributed by atoms with Gasteiger partial charge in [0.25, 0.3) is 0 Å². The van der Waals surface area contributed by atoms with E-state index in [9.17, 15) is 14.4 Å². The van der Waals surface area contributed by atoms with E-state index in [1.807, 2.05) is 0 Å². The lowest BCUT2D eigenvalue weighted by molar-refractivity contribution is -0.167. The first-order valence-corrected chi connectivity index (χ1v) is 36.7. The molecule has 474 valence electrons. The molecule has 0 saturated heterocycles. The molecular formula is C74H142O6. The van der Waals surface area contributed by atoms with Crippen LogP contribution in [0.2, 0.25) is 0 Å². The standard InChI is InChI=1S/C74H142O6/c1-4-7-10-13-16-19-22-24-26-28-29-30-31-32-33-34-35-36-37-38-39-40-41-42-43-44-45-46-48-49-52-55-58-61-64-67-73(76)79-70-71(69-78-72(75)66-63-60-57-54-51-21-18-15-12-9-6-3)80-74(77)68-65-62-59-56-53-50-47-27-25-23-20-17-14-11-8-5-2/h27,47,71H,4-26,28-46,48-70H2,1-3H3/b47-27-. The normalized spacial score (nSPS) is 12.0. The molecule has 0 rings (SSSR count). The molecule has 0 aliphatic heterocycles. The van der Waals surface area contributed by atoms with E-state index in [0.29, 0.717) is 19.3 Å². The average molecular weight is 1130 g/mol. The summed E-state index contributed by atoms with van der Waals surface area (Å²) >= 11 is 0. The molecule has 0 amide bonds. The Labute approximate surface area is 501 Å². The molecular weight excluding hydrogens is 985 g/mol. The van der Waals surface area contributed by atoms with E-state index in [4.69, 9.17) is 14.2 Å². The van der Waals surface area contributed by atoms with E-state index in [0.717, 1.165) is 64.2 Å². The number of hydrogen-bond acceptors (Lipinski definition) is 6. The molecule has 0 bridgehead atoms. The highest BCUT2D eigenvalue weighted by Gasteiger charge is 2.20. The van der Waals surface area contributed by atoms with Gasteiger partial charge in [0.2, 0.25) is 0 Å². The first-order valence-electron chi connectivity index (χ1n) is 36.7. The molecule has 0 saturated carbocycles.